The molecule has 0 heterocycles. The summed E-state index contributed by atoms with van der Waals surface area (Å²) in [7, 11) is 0. The molecule has 0 aromatic heterocycles. The van der Waals surface area contributed by atoms with Crippen LogP contribution in [0.3, 0.4) is 0 Å². The van der Waals surface area contributed by atoms with Gasteiger partial charge in [0.15, 0.2) is 0 Å². The van der Waals surface area contributed by atoms with Gasteiger partial charge in [0.05, 0.1) is 0 Å². The van der Waals surface area contributed by atoms with E-state index in [0.717, 1.165) is 19.4 Å². The fourth-order valence-corrected chi connectivity index (χ4v) is 1.76. The number of nitrogens with two attached hydrogens (primary N) is 1. The van der Waals surface area contributed by atoms with E-state index in [1.165, 1.54) is 6.42 Å². The normalized spacial score (nSPS) is 11.3. The van der Waals surface area contributed by atoms with Crippen LogP contribution in [0.1, 0.15) is 50.4 Å². The van der Waals surface area contributed by atoms with E-state index in [2.05, 4.69) is 26.1 Å². The van der Waals surface area contributed by atoms with Crippen molar-refractivity contribution in [2.75, 3.05) is 12.3 Å². The standard InChI is InChI=1S/C15H24N2O/c1-15(2,3)9-4-5-10-17-14(18)12-7-6-8-13(16)11-12/h6-8,11H,4-5,9-10,16H2,1-3H3,(H,17,18). The Morgan fingerprint density at radius 1 is 1.28 bits per heavy atom. The molecular formula is C15H24N2O. The zero-order valence-corrected chi connectivity index (χ0v) is 11.6. The monoisotopic (exact) mass is 248 g/mol. The number of carbonyl (C=O) groups excluding carboxylic acids is 1. The third kappa shape index (κ3) is 5.71. The summed E-state index contributed by atoms with van der Waals surface area (Å²) >= 11 is 0. The highest BCUT2D eigenvalue weighted by Gasteiger charge is 2.09. The number of hydrogen-bond acceptors (Lipinski definition) is 2. The molecule has 0 fully saturated rings. The predicted octanol–water partition coefficient (Wildman–Crippen LogP) is 3.22. The van der Waals surface area contributed by atoms with Gasteiger partial charge >= 0.3 is 0 Å². The molecule has 0 saturated heterocycles. The lowest BCUT2D eigenvalue weighted by Crippen LogP contribution is -2.24. The van der Waals surface area contributed by atoms with Crippen molar-refractivity contribution in [3.05, 3.63) is 29.8 Å². The van der Waals surface area contributed by atoms with Gasteiger partial charge in [-0.2, -0.15) is 0 Å². The van der Waals surface area contributed by atoms with E-state index < -0.39 is 0 Å². The summed E-state index contributed by atoms with van der Waals surface area (Å²) in [6.07, 6.45) is 3.34. The molecular weight excluding hydrogens is 224 g/mol. The van der Waals surface area contributed by atoms with Crippen molar-refractivity contribution in [2.24, 2.45) is 5.41 Å². The van der Waals surface area contributed by atoms with E-state index >= 15 is 0 Å². The molecule has 0 spiro atoms. The number of benzene rings is 1. The zero-order chi connectivity index (χ0) is 13.6. The van der Waals surface area contributed by atoms with Gasteiger partial charge in [-0.25, -0.2) is 0 Å². The molecule has 1 amide bonds. The minimum absolute atomic E-state index is 0.0435. The lowest BCUT2D eigenvalue weighted by Gasteiger charge is -2.17. The van der Waals surface area contributed by atoms with Crippen LogP contribution in [-0.4, -0.2) is 12.5 Å². The van der Waals surface area contributed by atoms with Gasteiger partial charge in [0.25, 0.3) is 5.91 Å². The van der Waals surface area contributed by atoms with Crippen LogP contribution >= 0.6 is 0 Å². The SMILES string of the molecule is CC(C)(C)CCCCNC(=O)c1cccc(N)c1. The van der Waals surface area contributed by atoms with Crippen LogP contribution in [0.4, 0.5) is 5.69 Å². The molecule has 0 unspecified atom stereocenters. The Kier molecular flexibility index (Phi) is 5.20. The summed E-state index contributed by atoms with van der Waals surface area (Å²) in [5.74, 6) is -0.0435. The van der Waals surface area contributed by atoms with Crippen molar-refractivity contribution in [2.45, 2.75) is 40.0 Å². The Morgan fingerprint density at radius 2 is 2.00 bits per heavy atom. The number of rotatable bonds is 5. The van der Waals surface area contributed by atoms with Gasteiger partial charge in [0, 0.05) is 17.8 Å². The smallest absolute Gasteiger partial charge is 0.251 e. The van der Waals surface area contributed by atoms with Crippen molar-refractivity contribution in [3.8, 4) is 0 Å². The first-order chi connectivity index (χ1) is 8.38. The second-order valence-electron chi connectivity index (χ2n) is 5.90. The van der Waals surface area contributed by atoms with E-state index in [4.69, 9.17) is 5.73 Å². The van der Waals surface area contributed by atoms with Crippen molar-refractivity contribution in [1.29, 1.82) is 0 Å². The van der Waals surface area contributed by atoms with Crippen molar-refractivity contribution >= 4 is 11.6 Å². The van der Waals surface area contributed by atoms with Crippen molar-refractivity contribution in [1.82, 2.24) is 5.32 Å². The number of unbranched alkanes of at least 4 members (excludes halogenated alkanes) is 1. The molecule has 0 saturated carbocycles. The third-order valence-corrected chi connectivity index (χ3v) is 2.79. The highest BCUT2D eigenvalue weighted by atomic mass is 16.1. The molecule has 0 atom stereocenters. The van der Waals surface area contributed by atoms with Crippen LogP contribution < -0.4 is 11.1 Å². The van der Waals surface area contributed by atoms with Crippen LogP contribution in [0.5, 0.6) is 0 Å². The first-order valence-corrected chi connectivity index (χ1v) is 6.52. The molecule has 3 N–H and O–H groups in total. The van der Waals surface area contributed by atoms with Crippen LogP contribution in [0.25, 0.3) is 0 Å². The third-order valence-electron chi connectivity index (χ3n) is 2.79. The second kappa shape index (κ2) is 6.43. The second-order valence-corrected chi connectivity index (χ2v) is 5.90. The van der Waals surface area contributed by atoms with E-state index in [0.29, 0.717) is 16.7 Å². The Morgan fingerprint density at radius 3 is 2.61 bits per heavy atom. The summed E-state index contributed by atoms with van der Waals surface area (Å²) in [5.41, 5.74) is 7.26. The van der Waals surface area contributed by atoms with Crippen LogP contribution in [0.15, 0.2) is 24.3 Å². The topological polar surface area (TPSA) is 55.1 Å². The van der Waals surface area contributed by atoms with Gasteiger partial charge in [-0.1, -0.05) is 33.3 Å². The minimum Gasteiger partial charge on any atom is -0.399 e. The Balaban J connectivity index is 2.26. The van der Waals surface area contributed by atoms with Gasteiger partial charge in [0.2, 0.25) is 0 Å². The van der Waals surface area contributed by atoms with Crippen LogP contribution in [0, 0.1) is 5.41 Å². The molecule has 0 bridgehead atoms. The Labute approximate surface area is 110 Å². The molecule has 1 aromatic rings. The maximum absolute atomic E-state index is 11.8. The fourth-order valence-electron chi connectivity index (χ4n) is 1.76. The maximum atomic E-state index is 11.8. The summed E-state index contributed by atoms with van der Waals surface area (Å²) < 4.78 is 0. The van der Waals surface area contributed by atoms with Gasteiger partial charge in [-0.15, -0.1) is 0 Å². The van der Waals surface area contributed by atoms with Crippen molar-refractivity contribution in [3.63, 3.8) is 0 Å². The molecule has 3 nitrogen and oxygen atoms in total. The number of anilines is 1. The Hall–Kier alpha value is -1.51. The first-order valence-electron chi connectivity index (χ1n) is 6.52. The van der Waals surface area contributed by atoms with E-state index in [-0.39, 0.29) is 5.91 Å². The predicted molar refractivity (Wildman–Crippen MR) is 76.5 cm³/mol. The molecule has 0 aliphatic carbocycles. The average molecular weight is 248 g/mol. The number of nitrogens with one attached hydrogen (secondary N) is 1. The molecule has 0 aliphatic rings. The lowest BCUT2D eigenvalue weighted by atomic mass is 9.90. The highest BCUT2D eigenvalue weighted by molar-refractivity contribution is 5.94. The van der Waals surface area contributed by atoms with Gasteiger partial charge in [0.1, 0.15) is 0 Å². The van der Waals surface area contributed by atoms with E-state index in [1.807, 2.05) is 0 Å². The molecule has 0 aliphatic heterocycles. The van der Waals surface area contributed by atoms with Gasteiger partial charge in [-0.3, -0.25) is 4.79 Å². The molecule has 1 rings (SSSR count). The Bertz CT molecular complexity index is 394. The van der Waals surface area contributed by atoms with Gasteiger partial charge < -0.3 is 11.1 Å². The number of carbonyl (C=O) groups is 1. The lowest BCUT2D eigenvalue weighted by molar-refractivity contribution is 0.0953. The average Bonchev–Trinajstić information content (AvgIpc) is 2.26. The summed E-state index contributed by atoms with van der Waals surface area (Å²) in [4.78, 5) is 11.8. The van der Waals surface area contributed by atoms with Crippen molar-refractivity contribution < 1.29 is 4.79 Å². The van der Waals surface area contributed by atoms with E-state index in [9.17, 15) is 4.79 Å². The summed E-state index contributed by atoms with van der Waals surface area (Å²) in [6.45, 7) is 7.43. The maximum Gasteiger partial charge on any atom is 0.251 e. The van der Waals surface area contributed by atoms with Crippen LogP contribution in [-0.2, 0) is 0 Å². The molecule has 18 heavy (non-hydrogen) atoms. The molecule has 100 valence electrons. The van der Waals surface area contributed by atoms with Crippen LogP contribution in [0.2, 0.25) is 0 Å². The minimum atomic E-state index is -0.0435. The fraction of sp³-hybridized carbons (Fsp3) is 0.533. The zero-order valence-electron chi connectivity index (χ0n) is 11.6. The van der Waals surface area contributed by atoms with E-state index in [1.54, 1.807) is 24.3 Å². The number of amides is 1. The largest absolute Gasteiger partial charge is 0.399 e. The molecule has 0 radical (unpaired) electrons. The number of nitrogen functional groups attached to an aromatic ring is 1. The van der Waals surface area contributed by atoms with Gasteiger partial charge in [-0.05, 0) is 36.5 Å². The highest BCUT2D eigenvalue weighted by Crippen LogP contribution is 2.21. The molecule has 1 aromatic carbocycles. The quantitative estimate of drug-likeness (QED) is 0.621. The number of hydrogen-bond donors (Lipinski definition) is 2. The first kappa shape index (κ1) is 14.6. The summed E-state index contributed by atoms with van der Waals surface area (Å²) in [5, 5.41) is 2.92. The summed E-state index contributed by atoms with van der Waals surface area (Å²) in [6, 6.07) is 7.05. The molecule has 3 heteroatoms.